The summed E-state index contributed by atoms with van der Waals surface area (Å²) in [6, 6.07) is 13.8. The Bertz CT molecular complexity index is 1740. The fourth-order valence-electron chi connectivity index (χ4n) is 4.60. The molecule has 2 amide bonds. The Kier molecular flexibility index (Phi) is 6.82. The lowest BCUT2D eigenvalue weighted by atomic mass is 9.91. The summed E-state index contributed by atoms with van der Waals surface area (Å²) in [6.07, 6.45) is 0.743. The first-order valence-corrected chi connectivity index (χ1v) is 12.0. The number of amides is 2. The summed E-state index contributed by atoms with van der Waals surface area (Å²) in [7, 11) is 0. The van der Waals surface area contributed by atoms with Crippen molar-refractivity contribution in [1.82, 2.24) is 5.32 Å². The molecule has 1 aliphatic heterocycles. The van der Waals surface area contributed by atoms with Gasteiger partial charge in [0.1, 0.15) is 11.6 Å². The molecular weight excluding hydrogens is 551 g/mol. The summed E-state index contributed by atoms with van der Waals surface area (Å²) in [4.78, 5) is 26.3. The quantitative estimate of drug-likeness (QED) is 0.200. The Balaban J connectivity index is 1.69. The first-order chi connectivity index (χ1) is 19.0. The van der Waals surface area contributed by atoms with Gasteiger partial charge < -0.3 is 10.6 Å². The van der Waals surface area contributed by atoms with Gasteiger partial charge in [-0.15, -0.1) is 6.42 Å². The van der Waals surface area contributed by atoms with Crippen molar-refractivity contribution in [3.63, 3.8) is 0 Å². The number of fused-ring (bicyclic) bond motifs is 1. The normalized spacial score (nSPS) is 14.3. The summed E-state index contributed by atoms with van der Waals surface area (Å²) < 4.78 is 68.1. The fourth-order valence-corrected chi connectivity index (χ4v) is 4.83. The van der Waals surface area contributed by atoms with Crippen molar-refractivity contribution in [3.05, 3.63) is 123 Å². The molecule has 4 aromatic rings. The predicted octanol–water partition coefficient (Wildman–Crippen LogP) is 7.37. The third-order valence-electron chi connectivity index (χ3n) is 6.39. The molecule has 4 aromatic carbocycles. The summed E-state index contributed by atoms with van der Waals surface area (Å²) in [5, 5.41) is 5.35. The molecule has 0 saturated heterocycles. The number of carbonyl (C=O) groups excluding carboxylic acids is 2. The Hall–Kier alpha value is -4.68. The zero-order chi connectivity index (χ0) is 28.8. The number of terminal acetylenes is 1. The highest BCUT2D eigenvalue weighted by atomic mass is 35.5. The minimum Gasteiger partial charge on any atom is -0.341 e. The number of anilines is 1. The van der Waals surface area contributed by atoms with Gasteiger partial charge in [0.15, 0.2) is 0 Å². The molecule has 0 spiro atoms. The third kappa shape index (κ3) is 5.01. The smallest absolute Gasteiger partial charge is 0.341 e. The lowest BCUT2D eigenvalue weighted by Crippen LogP contribution is -2.21. The van der Waals surface area contributed by atoms with E-state index in [1.807, 2.05) is 0 Å². The van der Waals surface area contributed by atoms with Crippen molar-refractivity contribution in [2.75, 3.05) is 5.32 Å². The van der Waals surface area contributed by atoms with E-state index in [9.17, 15) is 31.5 Å². The number of hydrogen-bond acceptors (Lipinski definition) is 2. The molecule has 1 atom stereocenters. The first-order valence-electron chi connectivity index (χ1n) is 11.6. The van der Waals surface area contributed by atoms with Gasteiger partial charge in [-0.3, -0.25) is 9.59 Å². The Morgan fingerprint density at radius 3 is 2.42 bits per heavy atom. The highest BCUT2D eigenvalue weighted by Gasteiger charge is 2.36. The SMILES string of the molecule is C#Cc1ccccc1-c1cc(NC(=O)c2cc(F)cc(C(F)(F)F)c2)c2c(c1)C(=O)NC2c1cc(F)ccc1Cl. The average Bonchev–Trinajstić information content (AvgIpc) is 3.25. The van der Waals surface area contributed by atoms with Gasteiger partial charge in [0.2, 0.25) is 0 Å². The van der Waals surface area contributed by atoms with Gasteiger partial charge >= 0.3 is 6.18 Å². The number of hydrogen-bond donors (Lipinski definition) is 2. The summed E-state index contributed by atoms with van der Waals surface area (Å²) in [6.45, 7) is 0. The van der Waals surface area contributed by atoms with Crippen LogP contribution < -0.4 is 10.6 Å². The van der Waals surface area contributed by atoms with Gasteiger partial charge in [-0.2, -0.15) is 13.2 Å². The van der Waals surface area contributed by atoms with Crippen LogP contribution >= 0.6 is 11.6 Å². The molecule has 0 fully saturated rings. The average molecular weight is 567 g/mol. The lowest BCUT2D eigenvalue weighted by Gasteiger charge is -2.19. The monoisotopic (exact) mass is 566 g/mol. The summed E-state index contributed by atoms with van der Waals surface area (Å²) in [5.41, 5.74) is -0.0402. The van der Waals surface area contributed by atoms with Gasteiger partial charge in [0.25, 0.3) is 11.8 Å². The molecule has 200 valence electrons. The number of halogens is 6. The number of benzene rings is 4. The first kappa shape index (κ1) is 26.9. The largest absolute Gasteiger partial charge is 0.416 e. The van der Waals surface area contributed by atoms with E-state index in [2.05, 4.69) is 16.6 Å². The molecule has 0 radical (unpaired) electrons. The molecule has 10 heteroatoms. The van der Waals surface area contributed by atoms with Crippen molar-refractivity contribution < 1.29 is 31.5 Å². The van der Waals surface area contributed by atoms with Crippen molar-refractivity contribution in [1.29, 1.82) is 0 Å². The van der Waals surface area contributed by atoms with Crippen molar-refractivity contribution in [3.8, 4) is 23.5 Å². The summed E-state index contributed by atoms with van der Waals surface area (Å²) in [5.74, 6) is -0.995. The van der Waals surface area contributed by atoms with Crippen LogP contribution in [0.25, 0.3) is 11.1 Å². The maximum absolute atomic E-state index is 14.2. The van der Waals surface area contributed by atoms with E-state index in [1.54, 1.807) is 24.3 Å². The van der Waals surface area contributed by atoms with Crippen LogP contribution in [-0.2, 0) is 6.18 Å². The van der Waals surface area contributed by atoms with E-state index >= 15 is 0 Å². The van der Waals surface area contributed by atoms with E-state index in [1.165, 1.54) is 18.2 Å². The minimum absolute atomic E-state index is 0.00539. The molecule has 0 bridgehead atoms. The second-order valence-electron chi connectivity index (χ2n) is 8.93. The minimum atomic E-state index is -4.90. The summed E-state index contributed by atoms with van der Waals surface area (Å²) >= 11 is 6.31. The van der Waals surface area contributed by atoms with Gasteiger partial charge in [0.05, 0.1) is 11.6 Å². The highest BCUT2D eigenvalue weighted by Crippen LogP contribution is 2.42. The molecule has 4 nitrogen and oxygen atoms in total. The van der Waals surface area contributed by atoms with Crippen LogP contribution in [0, 0.1) is 24.0 Å². The molecule has 1 heterocycles. The molecule has 5 rings (SSSR count). The second kappa shape index (κ2) is 10.1. The van der Waals surface area contributed by atoms with Crippen LogP contribution in [0.15, 0.2) is 72.8 Å². The molecule has 0 aliphatic carbocycles. The van der Waals surface area contributed by atoms with Gasteiger partial charge in [-0.1, -0.05) is 35.7 Å². The van der Waals surface area contributed by atoms with E-state index in [4.69, 9.17) is 18.0 Å². The van der Waals surface area contributed by atoms with Crippen LogP contribution in [-0.4, -0.2) is 11.8 Å². The Labute approximate surface area is 229 Å². The van der Waals surface area contributed by atoms with Crippen LogP contribution in [0.3, 0.4) is 0 Å². The van der Waals surface area contributed by atoms with Crippen molar-refractivity contribution >= 4 is 29.1 Å². The fraction of sp³-hybridized carbons (Fsp3) is 0.0667. The van der Waals surface area contributed by atoms with Crippen LogP contribution in [0.4, 0.5) is 27.6 Å². The highest BCUT2D eigenvalue weighted by molar-refractivity contribution is 6.31. The van der Waals surface area contributed by atoms with Gasteiger partial charge in [-0.25, -0.2) is 8.78 Å². The van der Waals surface area contributed by atoms with E-state index in [0.717, 1.165) is 12.1 Å². The molecule has 0 aromatic heterocycles. The molecule has 1 aliphatic rings. The number of rotatable bonds is 4. The van der Waals surface area contributed by atoms with Crippen LogP contribution in [0.5, 0.6) is 0 Å². The second-order valence-corrected chi connectivity index (χ2v) is 9.33. The molecule has 0 saturated carbocycles. The third-order valence-corrected chi connectivity index (χ3v) is 6.73. The Morgan fingerprint density at radius 2 is 1.70 bits per heavy atom. The predicted molar refractivity (Wildman–Crippen MR) is 140 cm³/mol. The maximum Gasteiger partial charge on any atom is 0.416 e. The molecule has 2 N–H and O–H groups in total. The van der Waals surface area contributed by atoms with E-state index < -0.39 is 46.8 Å². The molecule has 40 heavy (non-hydrogen) atoms. The van der Waals surface area contributed by atoms with E-state index in [0.29, 0.717) is 28.8 Å². The molecule has 1 unspecified atom stereocenters. The van der Waals surface area contributed by atoms with Gasteiger partial charge in [0, 0.05) is 38.5 Å². The number of carbonyl (C=O) groups is 2. The lowest BCUT2D eigenvalue weighted by molar-refractivity contribution is -0.137. The van der Waals surface area contributed by atoms with E-state index in [-0.39, 0.29) is 33.5 Å². The van der Waals surface area contributed by atoms with Crippen LogP contribution in [0.1, 0.15) is 49.0 Å². The zero-order valence-corrected chi connectivity index (χ0v) is 20.9. The van der Waals surface area contributed by atoms with Gasteiger partial charge in [-0.05, 0) is 65.7 Å². The van der Waals surface area contributed by atoms with Crippen molar-refractivity contribution in [2.45, 2.75) is 12.2 Å². The molecular formula is C30H16ClF5N2O2. The maximum atomic E-state index is 14.2. The van der Waals surface area contributed by atoms with Crippen LogP contribution in [0.2, 0.25) is 5.02 Å². The zero-order valence-electron chi connectivity index (χ0n) is 20.2. The standard InChI is InChI=1S/C30H16ClF5N2O2/c1-2-15-5-3-4-6-21(15)16-11-23-26(27(38-29(23)40)22-14-19(32)7-8-24(22)31)25(12-16)37-28(39)17-9-18(30(34,35)36)13-20(33)10-17/h1,3-14,27H,(H,37,39)(H,38,40). The number of nitrogens with one attached hydrogen (secondary N) is 2. The topological polar surface area (TPSA) is 58.2 Å². The Morgan fingerprint density at radius 1 is 0.950 bits per heavy atom. The van der Waals surface area contributed by atoms with Crippen molar-refractivity contribution in [2.24, 2.45) is 0 Å². The number of alkyl halides is 3.